The average Bonchev–Trinajstić information content (AvgIpc) is 2.25. The van der Waals surface area contributed by atoms with Crippen LogP contribution in [0.2, 0.25) is 5.02 Å². The van der Waals surface area contributed by atoms with Gasteiger partial charge < -0.3 is 4.74 Å². The molecule has 0 radical (unpaired) electrons. The van der Waals surface area contributed by atoms with Crippen LogP contribution >= 0.6 is 11.6 Å². The fourth-order valence-electron chi connectivity index (χ4n) is 1.29. The van der Waals surface area contributed by atoms with Crippen molar-refractivity contribution in [3.05, 3.63) is 47.5 Å². The third-order valence-electron chi connectivity index (χ3n) is 2.16. The molecule has 0 aliphatic carbocycles. The van der Waals surface area contributed by atoms with Crippen molar-refractivity contribution in [3.8, 4) is 0 Å². The molecule has 82 valence electrons. The molecule has 0 spiro atoms. The van der Waals surface area contributed by atoms with Gasteiger partial charge in [0.1, 0.15) is 0 Å². The fourth-order valence-corrected chi connectivity index (χ4v) is 1.48. The molecular formula is C13H17ClO. The summed E-state index contributed by atoms with van der Waals surface area (Å²) >= 11 is 5.99. The summed E-state index contributed by atoms with van der Waals surface area (Å²) in [5.74, 6) is 0. The van der Waals surface area contributed by atoms with Gasteiger partial charge in [-0.1, -0.05) is 35.9 Å². The van der Waals surface area contributed by atoms with E-state index in [0.717, 1.165) is 36.5 Å². The van der Waals surface area contributed by atoms with Gasteiger partial charge in [-0.15, -0.1) is 6.58 Å². The predicted molar refractivity (Wildman–Crippen MR) is 65.2 cm³/mol. The SMILES string of the molecule is C=CCCCCOCc1ccccc1Cl. The summed E-state index contributed by atoms with van der Waals surface area (Å²) in [5.41, 5.74) is 1.06. The molecule has 0 atom stereocenters. The van der Waals surface area contributed by atoms with Crippen molar-refractivity contribution < 1.29 is 4.74 Å². The average molecular weight is 225 g/mol. The van der Waals surface area contributed by atoms with Gasteiger partial charge in [0.05, 0.1) is 6.61 Å². The van der Waals surface area contributed by atoms with Gasteiger partial charge in [0.15, 0.2) is 0 Å². The molecular weight excluding hydrogens is 208 g/mol. The summed E-state index contributed by atoms with van der Waals surface area (Å²) in [5, 5.41) is 0.781. The van der Waals surface area contributed by atoms with E-state index in [2.05, 4.69) is 6.58 Å². The molecule has 0 aliphatic rings. The smallest absolute Gasteiger partial charge is 0.0731 e. The minimum absolute atomic E-state index is 0.605. The van der Waals surface area contributed by atoms with Crippen LogP contribution in [0.3, 0.4) is 0 Å². The van der Waals surface area contributed by atoms with E-state index in [1.165, 1.54) is 0 Å². The number of allylic oxidation sites excluding steroid dienone is 1. The van der Waals surface area contributed by atoms with Crippen LogP contribution in [-0.2, 0) is 11.3 Å². The van der Waals surface area contributed by atoms with Crippen molar-refractivity contribution in [2.75, 3.05) is 6.61 Å². The normalized spacial score (nSPS) is 10.2. The van der Waals surface area contributed by atoms with Gasteiger partial charge in [-0.25, -0.2) is 0 Å². The highest BCUT2D eigenvalue weighted by molar-refractivity contribution is 6.31. The van der Waals surface area contributed by atoms with Crippen LogP contribution in [0.5, 0.6) is 0 Å². The molecule has 0 fully saturated rings. The molecule has 2 heteroatoms. The molecule has 0 aromatic heterocycles. The van der Waals surface area contributed by atoms with Crippen LogP contribution in [0.1, 0.15) is 24.8 Å². The summed E-state index contributed by atoms with van der Waals surface area (Å²) in [6.45, 7) is 5.08. The van der Waals surface area contributed by atoms with Crippen LogP contribution in [0.25, 0.3) is 0 Å². The zero-order valence-corrected chi connectivity index (χ0v) is 9.67. The van der Waals surface area contributed by atoms with Gasteiger partial charge in [-0.05, 0) is 30.9 Å². The van der Waals surface area contributed by atoms with E-state index in [0.29, 0.717) is 6.61 Å². The van der Waals surface area contributed by atoms with Gasteiger partial charge in [0, 0.05) is 11.6 Å². The largest absolute Gasteiger partial charge is 0.377 e. The van der Waals surface area contributed by atoms with Crippen molar-refractivity contribution in [2.24, 2.45) is 0 Å². The summed E-state index contributed by atoms with van der Waals surface area (Å²) < 4.78 is 5.53. The van der Waals surface area contributed by atoms with Gasteiger partial charge in [-0.2, -0.15) is 0 Å². The monoisotopic (exact) mass is 224 g/mol. The van der Waals surface area contributed by atoms with Crippen molar-refractivity contribution in [1.82, 2.24) is 0 Å². The van der Waals surface area contributed by atoms with Crippen LogP contribution in [0.4, 0.5) is 0 Å². The van der Waals surface area contributed by atoms with E-state index in [9.17, 15) is 0 Å². The molecule has 0 saturated heterocycles. The maximum absolute atomic E-state index is 5.99. The van der Waals surface area contributed by atoms with E-state index < -0.39 is 0 Å². The van der Waals surface area contributed by atoms with E-state index in [-0.39, 0.29) is 0 Å². The Labute approximate surface area is 96.7 Å². The first kappa shape index (κ1) is 12.3. The Morgan fingerprint density at radius 2 is 2.07 bits per heavy atom. The van der Waals surface area contributed by atoms with Crippen molar-refractivity contribution in [2.45, 2.75) is 25.9 Å². The van der Waals surface area contributed by atoms with E-state index in [1.54, 1.807) is 0 Å². The Morgan fingerprint density at radius 3 is 2.80 bits per heavy atom. The van der Waals surface area contributed by atoms with Crippen LogP contribution < -0.4 is 0 Å². The van der Waals surface area contributed by atoms with Crippen LogP contribution in [-0.4, -0.2) is 6.61 Å². The Morgan fingerprint density at radius 1 is 1.27 bits per heavy atom. The Balaban J connectivity index is 2.15. The highest BCUT2D eigenvalue weighted by Gasteiger charge is 1.97. The number of hydrogen-bond acceptors (Lipinski definition) is 1. The maximum Gasteiger partial charge on any atom is 0.0731 e. The van der Waals surface area contributed by atoms with Crippen LogP contribution in [0, 0.1) is 0 Å². The Hall–Kier alpha value is -0.790. The van der Waals surface area contributed by atoms with E-state index in [1.807, 2.05) is 30.3 Å². The minimum Gasteiger partial charge on any atom is -0.377 e. The number of rotatable bonds is 7. The second-order valence-electron chi connectivity index (χ2n) is 3.43. The molecule has 0 saturated carbocycles. The van der Waals surface area contributed by atoms with E-state index >= 15 is 0 Å². The zero-order chi connectivity index (χ0) is 10.9. The number of halogens is 1. The van der Waals surface area contributed by atoms with Crippen LogP contribution in [0.15, 0.2) is 36.9 Å². The van der Waals surface area contributed by atoms with Gasteiger partial charge in [-0.3, -0.25) is 0 Å². The lowest BCUT2D eigenvalue weighted by atomic mass is 10.2. The number of unbranched alkanes of at least 4 members (excludes halogenated alkanes) is 2. The van der Waals surface area contributed by atoms with Crippen molar-refractivity contribution in [1.29, 1.82) is 0 Å². The zero-order valence-electron chi connectivity index (χ0n) is 8.92. The highest BCUT2D eigenvalue weighted by atomic mass is 35.5. The lowest BCUT2D eigenvalue weighted by Gasteiger charge is -2.05. The van der Waals surface area contributed by atoms with Crippen molar-refractivity contribution in [3.63, 3.8) is 0 Å². The first-order valence-corrected chi connectivity index (χ1v) is 5.64. The predicted octanol–water partition coefficient (Wildman–Crippen LogP) is 4.21. The van der Waals surface area contributed by atoms with Crippen molar-refractivity contribution >= 4 is 11.6 Å². The molecule has 1 rings (SSSR count). The minimum atomic E-state index is 0.605. The third-order valence-corrected chi connectivity index (χ3v) is 2.53. The summed E-state index contributed by atoms with van der Waals surface area (Å²) in [4.78, 5) is 0. The molecule has 0 bridgehead atoms. The molecule has 0 amide bonds. The molecule has 1 aromatic rings. The molecule has 0 N–H and O–H groups in total. The second kappa shape index (κ2) is 7.49. The fraction of sp³-hybridized carbons (Fsp3) is 0.385. The second-order valence-corrected chi connectivity index (χ2v) is 3.84. The third kappa shape index (κ3) is 5.01. The topological polar surface area (TPSA) is 9.23 Å². The molecule has 0 unspecified atom stereocenters. The summed E-state index contributed by atoms with van der Waals surface area (Å²) in [6, 6.07) is 7.78. The molecule has 1 aromatic carbocycles. The molecule has 15 heavy (non-hydrogen) atoms. The van der Waals surface area contributed by atoms with Gasteiger partial charge in [0.25, 0.3) is 0 Å². The maximum atomic E-state index is 5.99. The summed E-state index contributed by atoms with van der Waals surface area (Å²) in [6.07, 6.45) is 5.23. The summed E-state index contributed by atoms with van der Waals surface area (Å²) in [7, 11) is 0. The first-order chi connectivity index (χ1) is 7.34. The first-order valence-electron chi connectivity index (χ1n) is 5.26. The lowest BCUT2D eigenvalue weighted by Crippen LogP contribution is -1.95. The van der Waals surface area contributed by atoms with Gasteiger partial charge >= 0.3 is 0 Å². The number of benzene rings is 1. The van der Waals surface area contributed by atoms with Gasteiger partial charge in [0.2, 0.25) is 0 Å². The Bertz CT molecular complexity index is 296. The standard InChI is InChI=1S/C13H17ClO/c1-2-3-4-7-10-15-11-12-8-5-6-9-13(12)14/h2,5-6,8-9H,1,3-4,7,10-11H2. The number of ether oxygens (including phenoxy) is 1. The van der Waals surface area contributed by atoms with E-state index in [4.69, 9.17) is 16.3 Å². The number of hydrogen-bond donors (Lipinski definition) is 0. The lowest BCUT2D eigenvalue weighted by molar-refractivity contribution is 0.117. The molecule has 0 aliphatic heterocycles. The highest BCUT2D eigenvalue weighted by Crippen LogP contribution is 2.15. The molecule has 0 heterocycles. The quantitative estimate of drug-likeness (QED) is 0.498. The molecule has 1 nitrogen and oxygen atoms in total. The Kier molecular flexibility index (Phi) is 6.14.